The molecule has 0 bridgehead atoms. The van der Waals surface area contributed by atoms with Crippen LogP contribution in [0.5, 0.6) is 5.75 Å². The first-order valence-corrected chi connectivity index (χ1v) is 6.31. The zero-order chi connectivity index (χ0) is 13.8. The fraction of sp³-hybridized carbons (Fsp3) is 0.333. The molecule has 19 heavy (non-hydrogen) atoms. The molecule has 1 N–H and O–H groups in total. The highest BCUT2D eigenvalue weighted by molar-refractivity contribution is 5.81. The predicted molar refractivity (Wildman–Crippen MR) is 74.1 cm³/mol. The molecule has 0 unspecified atom stereocenters. The summed E-state index contributed by atoms with van der Waals surface area (Å²) in [4.78, 5) is 10.9. The number of aromatic nitrogens is 1. The molecule has 100 valence electrons. The van der Waals surface area contributed by atoms with Crippen molar-refractivity contribution < 1.29 is 14.1 Å². The summed E-state index contributed by atoms with van der Waals surface area (Å²) in [5, 5.41) is 3.99. The van der Waals surface area contributed by atoms with Crippen LogP contribution in [0.3, 0.4) is 0 Å². The molecular weight excluding hydrogens is 240 g/mol. The van der Waals surface area contributed by atoms with Crippen molar-refractivity contribution in [3.63, 3.8) is 0 Å². The monoisotopic (exact) mass is 259 g/mol. The van der Waals surface area contributed by atoms with Crippen LogP contribution in [-0.4, -0.2) is 19.6 Å². The molecular formula is C15H19N2O2+. The molecule has 1 amide bonds. The molecule has 4 heteroatoms. The largest absolute Gasteiger partial charge is 0.497 e. The fourth-order valence-electron chi connectivity index (χ4n) is 2.17. The summed E-state index contributed by atoms with van der Waals surface area (Å²) in [6.45, 7) is 2.18. The number of rotatable bonds is 4. The molecule has 0 saturated heterocycles. The van der Waals surface area contributed by atoms with E-state index in [1.54, 1.807) is 7.11 Å². The second-order valence-corrected chi connectivity index (χ2v) is 4.57. The van der Waals surface area contributed by atoms with Crippen molar-refractivity contribution in [1.82, 2.24) is 5.32 Å². The lowest BCUT2D eigenvalue weighted by molar-refractivity contribution is -0.644. The highest BCUT2D eigenvalue weighted by Crippen LogP contribution is 2.21. The van der Waals surface area contributed by atoms with E-state index in [0.29, 0.717) is 6.54 Å². The minimum atomic E-state index is 0.00312. The van der Waals surface area contributed by atoms with Crippen LogP contribution in [0.15, 0.2) is 30.5 Å². The Hall–Kier alpha value is -2.10. The van der Waals surface area contributed by atoms with E-state index in [1.807, 2.05) is 25.4 Å². The van der Waals surface area contributed by atoms with Gasteiger partial charge in [0.05, 0.1) is 12.5 Å². The third-order valence-corrected chi connectivity index (χ3v) is 3.20. The Labute approximate surface area is 113 Å². The number of benzene rings is 1. The zero-order valence-electron chi connectivity index (χ0n) is 11.6. The minimum Gasteiger partial charge on any atom is -0.497 e. The molecule has 0 aliphatic carbocycles. The van der Waals surface area contributed by atoms with Crippen LogP contribution in [-0.2, 0) is 18.3 Å². The van der Waals surface area contributed by atoms with Crippen molar-refractivity contribution >= 4 is 16.8 Å². The molecule has 0 atom stereocenters. The third kappa shape index (κ3) is 3.02. The average Bonchev–Trinajstić information content (AvgIpc) is 2.40. The van der Waals surface area contributed by atoms with E-state index in [2.05, 4.69) is 22.0 Å². The second kappa shape index (κ2) is 5.69. The molecule has 0 spiro atoms. The SMILES string of the molecule is COc1ccc2c(c1)c(CCNC(C)=O)cc[n+]2C. The molecule has 0 fully saturated rings. The summed E-state index contributed by atoms with van der Waals surface area (Å²) in [6.07, 6.45) is 2.85. The van der Waals surface area contributed by atoms with E-state index >= 15 is 0 Å². The lowest BCUT2D eigenvalue weighted by Crippen LogP contribution is -2.29. The lowest BCUT2D eigenvalue weighted by atomic mass is 10.1. The Morgan fingerprint density at radius 3 is 2.84 bits per heavy atom. The van der Waals surface area contributed by atoms with Crippen LogP contribution >= 0.6 is 0 Å². The van der Waals surface area contributed by atoms with Gasteiger partial charge >= 0.3 is 0 Å². The first kappa shape index (κ1) is 13.3. The Kier molecular flexibility index (Phi) is 4.00. The number of fused-ring (bicyclic) bond motifs is 1. The first-order valence-electron chi connectivity index (χ1n) is 6.31. The number of carbonyl (C=O) groups excluding carboxylic acids is 1. The number of nitrogens with zero attached hydrogens (tertiary/aromatic N) is 1. The summed E-state index contributed by atoms with van der Waals surface area (Å²) in [7, 11) is 3.69. The maximum atomic E-state index is 10.9. The quantitative estimate of drug-likeness (QED) is 0.842. The molecule has 1 aromatic heterocycles. The van der Waals surface area contributed by atoms with E-state index in [1.165, 1.54) is 12.5 Å². The van der Waals surface area contributed by atoms with Gasteiger partial charge in [-0.15, -0.1) is 0 Å². The number of carbonyl (C=O) groups is 1. The average molecular weight is 259 g/mol. The van der Waals surface area contributed by atoms with Crippen LogP contribution in [0.25, 0.3) is 10.9 Å². The smallest absolute Gasteiger partial charge is 0.216 e. The fourth-order valence-corrected chi connectivity index (χ4v) is 2.17. The van der Waals surface area contributed by atoms with E-state index in [-0.39, 0.29) is 5.91 Å². The number of pyridine rings is 1. The van der Waals surface area contributed by atoms with Crippen molar-refractivity contribution in [1.29, 1.82) is 0 Å². The summed E-state index contributed by atoms with van der Waals surface area (Å²) >= 11 is 0. The maximum Gasteiger partial charge on any atom is 0.216 e. The molecule has 1 aromatic carbocycles. The van der Waals surface area contributed by atoms with Crippen LogP contribution in [0.1, 0.15) is 12.5 Å². The standard InChI is InChI=1S/C15H18N2O2/c1-11(18)16-8-6-12-7-9-17(2)15-5-4-13(19-3)10-14(12)15/h4-5,7,9-10H,6,8H2,1-3H3/p+1. The Balaban J connectivity index is 2.36. The van der Waals surface area contributed by atoms with E-state index < -0.39 is 0 Å². The first-order chi connectivity index (χ1) is 9.11. The number of nitrogens with one attached hydrogen (secondary N) is 1. The number of amides is 1. The molecule has 4 nitrogen and oxygen atoms in total. The summed E-state index contributed by atoms with van der Waals surface area (Å²) < 4.78 is 7.36. The van der Waals surface area contributed by atoms with Gasteiger partial charge in [-0.1, -0.05) is 0 Å². The van der Waals surface area contributed by atoms with Gasteiger partial charge < -0.3 is 10.1 Å². The summed E-state index contributed by atoms with van der Waals surface area (Å²) in [5.41, 5.74) is 2.36. The van der Waals surface area contributed by atoms with Gasteiger partial charge in [0.15, 0.2) is 6.20 Å². The number of ether oxygens (including phenoxy) is 1. The predicted octanol–water partition coefficient (Wildman–Crippen LogP) is 1.35. The van der Waals surface area contributed by atoms with Gasteiger partial charge in [-0.05, 0) is 24.1 Å². The highest BCUT2D eigenvalue weighted by Gasteiger charge is 2.10. The van der Waals surface area contributed by atoms with Crippen molar-refractivity contribution in [2.45, 2.75) is 13.3 Å². The number of hydrogen-bond acceptors (Lipinski definition) is 2. The molecule has 0 saturated carbocycles. The van der Waals surface area contributed by atoms with Crippen molar-refractivity contribution in [2.75, 3.05) is 13.7 Å². The minimum absolute atomic E-state index is 0.00312. The zero-order valence-corrected chi connectivity index (χ0v) is 11.6. The van der Waals surface area contributed by atoms with Crippen LogP contribution in [0.4, 0.5) is 0 Å². The van der Waals surface area contributed by atoms with Gasteiger partial charge in [-0.2, -0.15) is 0 Å². The molecule has 2 rings (SSSR count). The Morgan fingerprint density at radius 1 is 1.37 bits per heavy atom. The molecule has 0 aliphatic rings. The molecule has 1 heterocycles. The van der Waals surface area contributed by atoms with Gasteiger partial charge in [0.1, 0.15) is 12.8 Å². The second-order valence-electron chi connectivity index (χ2n) is 4.57. The summed E-state index contributed by atoms with van der Waals surface area (Å²) in [5.74, 6) is 0.850. The Bertz CT molecular complexity index is 608. The van der Waals surface area contributed by atoms with Crippen LogP contribution in [0, 0.1) is 0 Å². The Morgan fingerprint density at radius 2 is 2.16 bits per heavy atom. The molecule has 2 aromatic rings. The molecule has 0 aliphatic heterocycles. The van der Waals surface area contributed by atoms with E-state index in [4.69, 9.17) is 4.74 Å². The van der Waals surface area contributed by atoms with Gasteiger partial charge in [0, 0.05) is 25.6 Å². The van der Waals surface area contributed by atoms with Gasteiger partial charge in [0.25, 0.3) is 0 Å². The highest BCUT2D eigenvalue weighted by atomic mass is 16.5. The van der Waals surface area contributed by atoms with Gasteiger partial charge in [-0.3, -0.25) is 4.79 Å². The number of aryl methyl sites for hydroxylation is 1. The van der Waals surface area contributed by atoms with Gasteiger partial charge in [-0.25, -0.2) is 4.57 Å². The van der Waals surface area contributed by atoms with Crippen LogP contribution in [0.2, 0.25) is 0 Å². The van der Waals surface area contributed by atoms with Crippen molar-refractivity contribution in [3.8, 4) is 5.75 Å². The maximum absolute atomic E-state index is 10.9. The third-order valence-electron chi connectivity index (χ3n) is 3.20. The number of methoxy groups -OCH3 is 1. The van der Waals surface area contributed by atoms with E-state index in [0.717, 1.165) is 23.1 Å². The topological polar surface area (TPSA) is 42.2 Å². The normalized spacial score (nSPS) is 10.5. The van der Waals surface area contributed by atoms with Crippen LogP contribution < -0.4 is 14.6 Å². The van der Waals surface area contributed by atoms with Crippen molar-refractivity contribution in [3.05, 3.63) is 36.0 Å². The lowest BCUT2D eigenvalue weighted by Gasteiger charge is -2.07. The van der Waals surface area contributed by atoms with Crippen molar-refractivity contribution in [2.24, 2.45) is 7.05 Å². The molecule has 0 radical (unpaired) electrons. The van der Waals surface area contributed by atoms with E-state index in [9.17, 15) is 4.79 Å². The van der Waals surface area contributed by atoms with Gasteiger partial charge in [0.2, 0.25) is 11.4 Å². The summed E-state index contributed by atoms with van der Waals surface area (Å²) in [6, 6.07) is 8.14. The number of hydrogen-bond donors (Lipinski definition) is 1.